The van der Waals surface area contributed by atoms with Crippen LogP contribution in [-0.4, -0.2) is 27.5 Å². The van der Waals surface area contributed by atoms with E-state index in [4.69, 9.17) is 5.73 Å². The molecule has 3 N–H and O–H groups in total. The topological polar surface area (TPSA) is 76.2 Å². The molecule has 1 unspecified atom stereocenters. The minimum Gasteiger partial charge on any atom is -0.337 e. The van der Waals surface area contributed by atoms with Crippen LogP contribution in [0, 0.1) is 0 Å². The summed E-state index contributed by atoms with van der Waals surface area (Å²) in [5, 5.41) is 2.86. The summed E-state index contributed by atoms with van der Waals surface area (Å²) >= 11 is 0. The second-order valence-electron chi connectivity index (χ2n) is 5.15. The van der Waals surface area contributed by atoms with Gasteiger partial charge in [-0.15, -0.1) is 0 Å². The first-order valence-electron chi connectivity index (χ1n) is 6.81. The number of nitrogens with two attached hydrogens (primary N) is 1. The number of aryl methyl sites for hydroxylation is 1. The average Bonchev–Trinajstić information content (AvgIpc) is 2.84. The van der Waals surface area contributed by atoms with Gasteiger partial charge in [0.15, 0.2) is 0 Å². The predicted octanol–water partition coefficient (Wildman–Crippen LogP) is 2.10. The lowest BCUT2D eigenvalue weighted by Crippen LogP contribution is -2.31. The quantitative estimate of drug-likeness (QED) is 0.904. The number of urea groups is 1. The highest BCUT2D eigenvalue weighted by Crippen LogP contribution is 2.16. The van der Waals surface area contributed by atoms with Gasteiger partial charge < -0.3 is 20.5 Å². The SMILES string of the molecule is CC(N)c1cccc(NC(=O)N(C)Cc2nccn2C)c1. The van der Waals surface area contributed by atoms with Crippen molar-refractivity contribution in [2.45, 2.75) is 19.5 Å². The van der Waals surface area contributed by atoms with Crippen molar-refractivity contribution in [3.05, 3.63) is 48.0 Å². The largest absolute Gasteiger partial charge is 0.337 e. The van der Waals surface area contributed by atoms with Crippen LogP contribution in [0.25, 0.3) is 0 Å². The molecule has 0 fully saturated rings. The molecule has 0 saturated heterocycles. The molecule has 112 valence electrons. The number of hydrogen-bond acceptors (Lipinski definition) is 3. The van der Waals surface area contributed by atoms with Crippen molar-refractivity contribution in [1.82, 2.24) is 14.5 Å². The summed E-state index contributed by atoms with van der Waals surface area (Å²) in [6.07, 6.45) is 3.57. The Morgan fingerprint density at radius 2 is 2.29 bits per heavy atom. The number of imidazole rings is 1. The highest BCUT2D eigenvalue weighted by molar-refractivity contribution is 5.89. The summed E-state index contributed by atoms with van der Waals surface area (Å²) < 4.78 is 1.89. The lowest BCUT2D eigenvalue weighted by atomic mass is 10.1. The number of carbonyl (C=O) groups excluding carboxylic acids is 1. The molecule has 1 heterocycles. The van der Waals surface area contributed by atoms with Crippen LogP contribution in [0.1, 0.15) is 24.4 Å². The lowest BCUT2D eigenvalue weighted by Gasteiger charge is -2.18. The van der Waals surface area contributed by atoms with Crippen molar-refractivity contribution in [3.63, 3.8) is 0 Å². The molecule has 2 rings (SSSR count). The molecule has 2 aromatic rings. The van der Waals surface area contributed by atoms with Gasteiger partial charge in [-0.05, 0) is 24.6 Å². The molecule has 0 saturated carbocycles. The first-order valence-corrected chi connectivity index (χ1v) is 6.81. The Hall–Kier alpha value is -2.34. The molecule has 1 aromatic carbocycles. The van der Waals surface area contributed by atoms with Crippen molar-refractivity contribution in [2.24, 2.45) is 12.8 Å². The van der Waals surface area contributed by atoms with Crippen molar-refractivity contribution >= 4 is 11.7 Å². The molecule has 2 amide bonds. The smallest absolute Gasteiger partial charge is 0.321 e. The van der Waals surface area contributed by atoms with Gasteiger partial charge in [0.1, 0.15) is 5.82 Å². The first kappa shape index (κ1) is 15.1. The van der Waals surface area contributed by atoms with E-state index in [9.17, 15) is 4.79 Å². The van der Waals surface area contributed by atoms with Gasteiger partial charge in [0, 0.05) is 38.2 Å². The van der Waals surface area contributed by atoms with Crippen LogP contribution in [0.5, 0.6) is 0 Å². The summed E-state index contributed by atoms with van der Waals surface area (Å²) in [6.45, 7) is 2.36. The fourth-order valence-electron chi connectivity index (χ4n) is 1.95. The molecule has 6 heteroatoms. The maximum absolute atomic E-state index is 12.2. The third kappa shape index (κ3) is 3.82. The van der Waals surface area contributed by atoms with E-state index in [1.54, 1.807) is 18.1 Å². The number of anilines is 1. The Morgan fingerprint density at radius 3 is 2.90 bits per heavy atom. The summed E-state index contributed by atoms with van der Waals surface area (Å²) in [5.41, 5.74) is 7.57. The van der Waals surface area contributed by atoms with E-state index in [0.29, 0.717) is 6.54 Å². The van der Waals surface area contributed by atoms with Gasteiger partial charge in [-0.25, -0.2) is 9.78 Å². The highest BCUT2D eigenvalue weighted by atomic mass is 16.2. The van der Waals surface area contributed by atoms with Crippen molar-refractivity contribution < 1.29 is 4.79 Å². The zero-order valence-electron chi connectivity index (χ0n) is 12.6. The molecule has 0 aliphatic heterocycles. The van der Waals surface area contributed by atoms with Gasteiger partial charge in [-0.1, -0.05) is 12.1 Å². The number of nitrogens with one attached hydrogen (secondary N) is 1. The minimum atomic E-state index is -0.181. The molecular formula is C15H21N5O. The zero-order valence-corrected chi connectivity index (χ0v) is 12.6. The van der Waals surface area contributed by atoms with Crippen LogP contribution in [0.15, 0.2) is 36.7 Å². The number of aromatic nitrogens is 2. The van der Waals surface area contributed by atoms with Gasteiger partial charge in [0.2, 0.25) is 0 Å². The van der Waals surface area contributed by atoms with Gasteiger partial charge in [0.05, 0.1) is 6.54 Å². The van der Waals surface area contributed by atoms with Gasteiger partial charge >= 0.3 is 6.03 Å². The number of carbonyl (C=O) groups is 1. The number of hydrogen-bond donors (Lipinski definition) is 2. The third-order valence-corrected chi connectivity index (χ3v) is 3.31. The van der Waals surface area contributed by atoms with E-state index in [-0.39, 0.29) is 12.1 Å². The van der Waals surface area contributed by atoms with E-state index in [1.807, 2.05) is 49.0 Å². The van der Waals surface area contributed by atoms with E-state index in [0.717, 1.165) is 17.1 Å². The zero-order chi connectivity index (χ0) is 15.4. The maximum Gasteiger partial charge on any atom is 0.321 e. The summed E-state index contributed by atoms with van der Waals surface area (Å²) in [5.74, 6) is 0.831. The fourth-order valence-corrected chi connectivity index (χ4v) is 1.95. The second kappa shape index (κ2) is 6.41. The van der Waals surface area contributed by atoms with Gasteiger partial charge in [-0.3, -0.25) is 0 Å². The van der Waals surface area contributed by atoms with E-state index in [2.05, 4.69) is 10.3 Å². The van der Waals surface area contributed by atoms with Crippen LogP contribution >= 0.6 is 0 Å². The molecule has 0 radical (unpaired) electrons. The molecule has 0 spiro atoms. The molecule has 0 bridgehead atoms. The minimum absolute atomic E-state index is 0.0628. The predicted molar refractivity (Wildman–Crippen MR) is 82.7 cm³/mol. The summed E-state index contributed by atoms with van der Waals surface area (Å²) in [4.78, 5) is 18.0. The van der Waals surface area contributed by atoms with E-state index < -0.39 is 0 Å². The molecule has 21 heavy (non-hydrogen) atoms. The second-order valence-corrected chi connectivity index (χ2v) is 5.15. The van der Waals surface area contributed by atoms with Crippen LogP contribution in [0.2, 0.25) is 0 Å². The van der Waals surface area contributed by atoms with Gasteiger partial charge in [0.25, 0.3) is 0 Å². The Morgan fingerprint density at radius 1 is 1.52 bits per heavy atom. The van der Waals surface area contributed by atoms with Crippen LogP contribution in [0.4, 0.5) is 10.5 Å². The van der Waals surface area contributed by atoms with Crippen LogP contribution in [0.3, 0.4) is 0 Å². The molecular weight excluding hydrogens is 266 g/mol. The van der Waals surface area contributed by atoms with Crippen LogP contribution in [-0.2, 0) is 13.6 Å². The summed E-state index contributed by atoms with van der Waals surface area (Å²) in [7, 11) is 3.64. The molecule has 0 aliphatic carbocycles. The van der Waals surface area contributed by atoms with Crippen molar-refractivity contribution in [2.75, 3.05) is 12.4 Å². The number of benzene rings is 1. The number of nitrogens with zero attached hydrogens (tertiary/aromatic N) is 3. The molecule has 1 aromatic heterocycles. The van der Waals surface area contributed by atoms with Gasteiger partial charge in [-0.2, -0.15) is 0 Å². The monoisotopic (exact) mass is 287 g/mol. The summed E-state index contributed by atoms with van der Waals surface area (Å²) in [6, 6.07) is 7.31. The Bertz CT molecular complexity index is 620. The van der Waals surface area contributed by atoms with E-state index in [1.165, 1.54) is 0 Å². The Labute approximate surface area is 124 Å². The molecule has 6 nitrogen and oxygen atoms in total. The number of amides is 2. The Balaban J connectivity index is 2.00. The molecule has 1 atom stereocenters. The number of rotatable bonds is 4. The lowest BCUT2D eigenvalue weighted by molar-refractivity contribution is 0.219. The highest BCUT2D eigenvalue weighted by Gasteiger charge is 2.12. The first-order chi connectivity index (χ1) is 9.97. The van der Waals surface area contributed by atoms with Crippen LogP contribution < -0.4 is 11.1 Å². The maximum atomic E-state index is 12.2. The standard InChI is InChI=1S/C15H21N5O/c1-11(16)12-5-4-6-13(9-12)18-15(21)20(3)10-14-17-7-8-19(14)2/h4-9,11H,10,16H2,1-3H3,(H,18,21). The van der Waals surface area contributed by atoms with Crippen molar-refractivity contribution in [3.8, 4) is 0 Å². The third-order valence-electron chi connectivity index (χ3n) is 3.31. The molecule has 0 aliphatic rings. The van der Waals surface area contributed by atoms with Crippen molar-refractivity contribution in [1.29, 1.82) is 0 Å². The average molecular weight is 287 g/mol. The van der Waals surface area contributed by atoms with E-state index >= 15 is 0 Å². The Kier molecular flexibility index (Phi) is 4.59. The normalized spacial score (nSPS) is 12.0. The fraction of sp³-hybridized carbons (Fsp3) is 0.333.